The number of para-hydroxylation sites is 4. The van der Waals surface area contributed by atoms with Gasteiger partial charge in [-0.05, 0) is 36.4 Å². The van der Waals surface area contributed by atoms with Crippen LogP contribution < -0.4 is 10.2 Å². The van der Waals surface area contributed by atoms with Gasteiger partial charge in [-0.2, -0.15) is 0 Å². The molecule has 0 fully saturated rings. The average molecular weight is 328 g/mol. The van der Waals surface area contributed by atoms with Gasteiger partial charge in [-0.3, -0.25) is 0 Å². The van der Waals surface area contributed by atoms with Gasteiger partial charge in [0.25, 0.3) is 0 Å². The summed E-state index contributed by atoms with van der Waals surface area (Å²) in [6, 6.07) is 26.2. The van der Waals surface area contributed by atoms with Crippen LogP contribution in [0.3, 0.4) is 0 Å². The van der Waals surface area contributed by atoms with Gasteiger partial charge in [0, 0.05) is 5.69 Å². The Kier molecular flexibility index (Phi) is 3.88. The van der Waals surface area contributed by atoms with E-state index in [1.807, 2.05) is 84.9 Å². The number of H-pyrrole nitrogens is 1. The van der Waals surface area contributed by atoms with Gasteiger partial charge in [0.1, 0.15) is 0 Å². The van der Waals surface area contributed by atoms with Crippen molar-refractivity contribution in [2.45, 2.75) is 0 Å². The normalized spacial score (nSPS) is 10.6. The number of imidazole rings is 1. The number of benzene rings is 3. The van der Waals surface area contributed by atoms with Crippen LogP contribution in [0.4, 0.5) is 22.1 Å². The minimum atomic E-state index is -0.281. The fourth-order valence-corrected chi connectivity index (χ4v) is 2.66. The first kappa shape index (κ1) is 15.0. The molecule has 3 aromatic carbocycles. The molecular formula is C20H16N4O. The summed E-state index contributed by atoms with van der Waals surface area (Å²) < 4.78 is 0. The van der Waals surface area contributed by atoms with Crippen LogP contribution in [-0.4, -0.2) is 16.0 Å². The zero-order valence-electron chi connectivity index (χ0n) is 13.4. The molecular weight excluding hydrogens is 312 g/mol. The van der Waals surface area contributed by atoms with Crippen molar-refractivity contribution in [2.75, 3.05) is 10.2 Å². The molecule has 4 aromatic rings. The van der Waals surface area contributed by atoms with Crippen molar-refractivity contribution >= 4 is 34.4 Å². The van der Waals surface area contributed by atoms with Crippen molar-refractivity contribution in [3.05, 3.63) is 84.9 Å². The topological polar surface area (TPSA) is 61.0 Å². The fraction of sp³-hybridized carbons (Fsp3) is 0. The Morgan fingerprint density at radius 3 is 2.20 bits per heavy atom. The van der Waals surface area contributed by atoms with Crippen LogP contribution in [0.1, 0.15) is 0 Å². The van der Waals surface area contributed by atoms with Crippen molar-refractivity contribution in [3.63, 3.8) is 0 Å². The second kappa shape index (κ2) is 6.49. The van der Waals surface area contributed by atoms with Crippen LogP contribution >= 0.6 is 0 Å². The Hall–Kier alpha value is -3.60. The highest BCUT2D eigenvalue weighted by Crippen LogP contribution is 2.26. The Morgan fingerprint density at radius 2 is 1.48 bits per heavy atom. The van der Waals surface area contributed by atoms with Crippen molar-refractivity contribution in [1.82, 2.24) is 9.97 Å². The summed E-state index contributed by atoms with van der Waals surface area (Å²) in [4.78, 5) is 22.3. The van der Waals surface area contributed by atoms with Crippen molar-refractivity contribution in [3.8, 4) is 0 Å². The highest BCUT2D eigenvalue weighted by atomic mass is 16.2. The molecule has 1 heterocycles. The lowest BCUT2D eigenvalue weighted by Gasteiger charge is -2.20. The minimum absolute atomic E-state index is 0.281. The number of nitrogens with zero attached hydrogens (tertiary/aromatic N) is 2. The van der Waals surface area contributed by atoms with Gasteiger partial charge in [-0.15, -0.1) is 0 Å². The van der Waals surface area contributed by atoms with E-state index in [2.05, 4.69) is 15.3 Å². The van der Waals surface area contributed by atoms with Gasteiger partial charge in [-0.25, -0.2) is 14.7 Å². The number of aromatic amines is 1. The van der Waals surface area contributed by atoms with Gasteiger partial charge < -0.3 is 10.3 Å². The molecule has 0 aliphatic heterocycles. The van der Waals surface area contributed by atoms with E-state index < -0.39 is 0 Å². The Morgan fingerprint density at radius 1 is 0.840 bits per heavy atom. The number of rotatable bonds is 3. The number of anilines is 3. The van der Waals surface area contributed by atoms with Gasteiger partial charge in [0.2, 0.25) is 5.95 Å². The highest BCUT2D eigenvalue weighted by Gasteiger charge is 2.21. The molecule has 1 aromatic heterocycles. The molecule has 0 saturated heterocycles. The molecule has 0 bridgehead atoms. The van der Waals surface area contributed by atoms with Crippen molar-refractivity contribution < 1.29 is 4.79 Å². The van der Waals surface area contributed by atoms with E-state index in [0.29, 0.717) is 5.95 Å². The molecule has 0 atom stereocenters. The largest absolute Gasteiger partial charge is 0.333 e. The molecule has 2 amide bonds. The third-order valence-electron chi connectivity index (χ3n) is 3.83. The maximum atomic E-state index is 12.9. The summed E-state index contributed by atoms with van der Waals surface area (Å²) in [7, 11) is 0. The number of hydrogen-bond acceptors (Lipinski definition) is 2. The molecule has 5 heteroatoms. The van der Waals surface area contributed by atoms with Crippen LogP contribution in [0.25, 0.3) is 11.0 Å². The van der Waals surface area contributed by atoms with Gasteiger partial charge in [0.05, 0.1) is 16.7 Å². The number of carbonyl (C=O) groups excluding carboxylic acids is 1. The second-order valence-electron chi connectivity index (χ2n) is 5.54. The van der Waals surface area contributed by atoms with Crippen molar-refractivity contribution in [2.24, 2.45) is 0 Å². The molecule has 0 aliphatic carbocycles. The van der Waals surface area contributed by atoms with Gasteiger partial charge in [0.15, 0.2) is 0 Å². The fourth-order valence-electron chi connectivity index (χ4n) is 2.66. The standard InChI is InChI=1S/C20H16N4O/c25-20(21-15-9-3-1-4-10-15)24(16-11-5-2-6-12-16)19-22-17-13-7-8-14-18(17)23-19/h1-14H,(H,21,25)(H,22,23). The van der Waals surface area contributed by atoms with E-state index in [1.165, 1.54) is 4.90 Å². The summed E-state index contributed by atoms with van der Waals surface area (Å²) in [5.74, 6) is 0.473. The minimum Gasteiger partial charge on any atom is -0.323 e. The average Bonchev–Trinajstić information content (AvgIpc) is 3.07. The highest BCUT2D eigenvalue weighted by molar-refractivity contribution is 6.06. The molecule has 0 spiro atoms. The number of carbonyl (C=O) groups is 1. The molecule has 0 saturated carbocycles. The third-order valence-corrected chi connectivity index (χ3v) is 3.83. The van der Waals surface area contributed by atoms with E-state index in [9.17, 15) is 4.79 Å². The zero-order chi connectivity index (χ0) is 17.1. The van der Waals surface area contributed by atoms with Gasteiger partial charge >= 0.3 is 6.03 Å². The van der Waals surface area contributed by atoms with E-state index >= 15 is 0 Å². The van der Waals surface area contributed by atoms with E-state index in [1.54, 1.807) is 0 Å². The molecule has 0 radical (unpaired) electrons. The summed E-state index contributed by atoms with van der Waals surface area (Å²) in [6.07, 6.45) is 0. The predicted octanol–water partition coefficient (Wildman–Crippen LogP) is 4.93. The predicted molar refractivity (Wildman–Crippen MR) is 100 cm³/mol. The molecule has 0 unspecified atom stereocenters. The molecule has 2 N–H and O–H groups in total. The number of amides is 2. The summed E-state index contributed by atoms with van der Waals surface area (Å²) in [5.41, 5.74) is 3.15. The summed E-state index contributed by atoms with van der Waals surface area (Å²) in [5, 5.41) is 2.91. The lowest BCUT2D eigenvalue weighted by Crippen LogP contribution is -2.31. The lowest BCUT2D eigenvalue weighted by atomic mass is 10.3. The number of aromatic nitrogens is 2. The molecule has 4 rings (SSSR count). The lowest BCUT2D eigenvalue weighted by molar-refractivity contribution is 0.258. The number of hydrogen-bond donors (Lipinski definition) is 2. The first-order valence-corrected chi connectivity index (χ1v) is 7.97. The van der Waals surface area contributed by atoms with Crippen molar-refractivity contribution in [1.29, 1.82) is 0 Å². The smallest absolute Gasteiger partial charge is 0.323 e. The quantitative estimate of drug-likeness (QED) is 0.560. The molecule has 122 valence electrons. The number of nitrogens with one attached hydrogen (secondary N) is 2. The number of urea groups is 1. The first-order chi connectivity index (χ1) is 12.3. The van der Waals surface area contributed by atoms with Gasteiger partial charge in [-0.1, -0.05) is 48.5 Å². The van der Waals surface area contributed by atoms with Crippen LogP contribution in [0.2, 0.25) is 0 Å². The van der Waals surface area contributed by atoms with E-state index in [-0.39, 0.29) is 6.03 Å². The maximum absolute atomic E-state index is 12.9. The maximum Gasteiger partial charge on any atom is 0.333 e. The van der Waals surface area contributed by atoms with Crippen LogP contribution in [-0.2, 0) is 0 Å². The third kappa shape index (κ3) is 3.07. The molecule has 25 heavy (non-hydrogen) atoms. The Labute approximate surface area is 144 Å². The molecule has 5 nitrogen and oxygen atoms in total. The summed E-state index contributed by atoms with van der Waals surface area (Å²) in [6.45, 7) is 0. The number of fused-ring (bicyclic) bond motifs is 1. The summed E-state index contributed by atoms with van der Waals surface area (Å²) >= 11 is 0. The van der Waals surface area contributed by atoms with Crippen LogP contribution in [0, 0.1) is 0 Å². The Bertz CT molecular complexity index is 963. The van der Waals surface area contributed by atoms with E-state index in [4.69, 9.17) is 0 Å². The SMILES string of the molecule is O=C(Nc1ccccc1)N(c1ccccc1)c1nc2ccccc2[nH]1. The van der Waals surface area contributed by atoms with E-state index in [0.717, 1.165) is 22.4 Å². The molecule has 0 aliphatic rings. The zero-order valence-corrected chi connectivity index (χ0v) is 13.4. The first-order valence-electron chi connectivity index (χ1n) is 7.97. The van der Waals surface area contributed by atoms with Crippen LogP contribution in [0.15, 0.2) is 84.9 Å². The second-order valence-corrected chi connectivity index (χ2v) is 5.54. The Balaban J connectivity index is 1.75. The monoisotopic (exact) mass is 328 g/mol. The van der Waals surface area contributed by atoms with Crippen LogP contribution in [0.5, 0.6) is 0 Å².